The zero-order valence-electron chi connectivity index (χ0n) is 17.4. The third-order valence-electron chi connectivity index (χ3n) is 5.40. The minimum absolute atomic E-state index is 0.123. The Bertz CT molecular complexity index is 1170. The topological polar surface area (TPSA) is 82.5 Å². The number of hydrogen-bond acceptors (Lipinski definition) is 5. The SMILES string of the molecule is Cc1nn(CC(=O)NCC(C)(C)c2ccc3c(c2)OCCO3)c(=O)c2ccccc12. The zero-order valence-corrected chi connectivity index (χ0v) is 17.4. The first kappa shape index (κ1) is 19.9. The predicted molar refractivity (Wildman–Crippen MR) is 114 cm³/mol. The molecule has 7 nitrogen and oxygen atoms in total. The monoisotopic (exact) mass is 407 g/mol. The first-order chi connectivity index (χ1) is 14.3. The largest absolute Gasteiger partial charge is 0.486 e. The fourth-order valence-corrected chi connectivity index (χ4v) is 3.59. The first-order valence-electron chi connectivity index (χ1n) is 9.98. The van der Waals surface area contributed by atoms with E-state index >= 15 is 0 Å². The molecule has 0 saturated carbocycles. The Hall–Kier alpha value is -3.35. The molecule has 2 heterocycles. The average molecular weight is 407 g/mol. The van der Waals surface area contributed by atoms with Gasteiger partial charge in [0, 0.05) is 17.3 Å². The van der Waals surface area contributed by atoms with Crippen molar-refractivity contribution in [3.05, 3.63) is 64.1 Å². The Morgan fingerprint density at radius 2 is 1.80 bits per heavy atom. The minimum atomic E-state index is -0.330. The zero-order chi connectivity index (χ0) is 21.3. The van der Waals surface area contributed by atoms with E-state index in [1.807, 2.05) is 57.2 Å². The van der Waals surface area contributed by atoms with E-state index < -0.39 is 0 Å². The number of aromatic nitrogens is 2. The molecule has 0 bridgehead atoms. The van der Waals surface area contributed by atoms with Crippen molar-refractivity contribution in [3.8, 4) is 11.5 Å². The number of hydrogen-bond donors (Lipinski definition) is 1. The summed E-state index contributed by atoms with van der Waals surface area (Å²) in [7, 11) is 0. The Labute approximate surface area is 174 Å². The predicted octanol–water partition coefficient (Wildman–Crippen LogP) is 2.57. The van der Waals surface area contributed by atoms with E-state index in [0.29, 0.717) is 25.1 Å². The lowest BCUT2D eigenvalue weighted by Gasteiger charge is -2.28. The molecule has 1 aliphatic heterocycles. The highest BCUT2D eigenvalue weighted by molar-refractivity contribution is 5.83. The smallest absolute Gasteiger partial charge is 0.275 e. The van der Waals surface area contributed by atoms with Gasteiger partial charge in [-0.25, -0.2) is 4.68 Å². The molecule has 0 radical (unpaired) electrons. The van der Waals surface area contributed by atoms with Crippen LogP contribution < -0.4 is 20.3 Å². The number of fused-ring (bicyclic) bond motifs is 2. The van der Waals surface area contributed by atoms with Crippen molar-refractivity contribution in [2.24, 2.45) is 0 Å². The molecule has 0 aliphatic carbocycles. The van der Waals surface area contributed by atoms with Crippen molar-refractivity contribution in [2.75, 3.05) is 19.8 Å². The Morgan fingerprint density at radius 3 is 2.57 bits per heavy atom. The quantitative estimate of drug-likeness (QED) is 0.703. The normalized spacial score (nSPS) is 13.3. The molecule has 0 atom stereocenters. The molecule has 30 heavy (non-hydrogen) atoms. The maximum absolute atomic E-state index is 12.7. The molecule has 3 aromatic rings. The summed E-state index contributed by atoms with van der Waals surface area (Å²) in [6, 6.07) is 13.1. The summed E-state index contributed by atoms with van der Waals surface area (Å²) in [5.41, 5.74) is 1.15. The van der Waals surface area contributed by atoms with Crippen molar-refractivity contribution in [1.29, 1.82) is 0 Å². The molecule has 2 aromatic carbocycles. The Morgan fingerprint density at radius 1 is 1.10 bits per heavy atom. The fraction of sp³-hybridized carbons (Fsp3) is 0.348. The van der Waals surface area contributed by atoms with Gasteiger partial charge in [-0.3, -0.25) is 9.59 Å². The molecule has 1 aliphatic rings. The highest BCUT2D eigenvalue weighted by Crippen LogP contribution is 2.34. The van der Waals surface area contributed by atoms with E-state index in [9.17, 15) is 9.59 Å². The number of rotatable bonds is 5. The molecule has 7 heteroatoms. The van der Waals surface area contributed by atoms with Crippen molar-refractivity contribution in [3.63, 3.8) is 0 Å². The van der Waals surface area contributed by atoms with Crippen LogP contribution in [-0.4, -0.2) is 35.4 Å². The summed E-state index contributed by atoms with van der Waals surface area (Å²) in [5.74, 6) is 1.20. The van der Waals surface area contributed by atoms with E-state index in [2.05, 4.69) is 10.4 Å². The van der Waals surface area contributed by atoms with Crippen LogP contribution in [0.5, 0.6) is 11.5 Å². The second-order valence-electron chi connectivity index (χ2n) is 8.11. The van der Waals surface area contributed by atoms with Crippen molar-refractivity contribution >= 4 is 16.7 Å². The van der Waals surface area contributed by atoms with E-state index in [0.717, 1.165) is 28.1 Å². The van der Waals surface area contributed by atoms with Crippen LogP contribution in [-0.2, 0) is 16.8 Å². The third-order valence-corrected chi connectivity index (χ3v) is 5.40. The molecule has 4 rings (SSSR count). The van der Waals surface area contributed by atoms with Gasteiger partial charge in [-0.05, 0) is 30.7 Å². The fourth-order valence-electron chi connectivity index (χ4n) is 3.59. The van der Waals surface area contributed by atoms with Crippen LogP contribution in [0.1, 0.15) is 25.1 Å². The van der Waals surface area contributed by atoms with Gasteiger partial charge in [-0.2, -0.15) is 5.10 Å². The maximum atomic E-state index is 12.7. The highest BCUT2D eigenvalue weighted by atomic mass is 16.6. The van der Waals surface area contributed by atoms with Crippen molar-refractivity contribution in [2.45, 2.75) is 32.7 Å². The number of carbonyl (C=O) groups is 1. The number of benzene rings is 2. The molecule has 1 amide bonds. The van der Waals surface area contributed by atoms with E-state index in [-0.39, 0.29) is 23.4 Å². The molecule has 0 unspecified atom stereocenters. The van der Waals surface area contributed by atoms with Gasteiger partial charge in [0.15, 0.2) is 11.5 Å². The Balaban J connectivity index is 1.46. The van der Waals surface area contributed by atoms with Crippen LogP contribution in [0.15, 0.2) is 47.3 Å². The van der Waals surface area contributed by atoms with E-state index in [1.165, 1.54) is 4.68 Å². The summed E-state index contributed by atoms with van der Waals surface area (Å²) in [6.45, 7) is 7.29. The van der Waals surface area contributed by atoms with Gasteiger partial charge in [0.25, 0.3) is 5.56 Å². The second kappa shape index (κ2) is 7.82. The van der Waals surface area contributed by atoms with Gasteiger partial charge in [0.2, 0.25) is 5.91 Å². The standard InChI is InChI=1S/C23H25N3O4/c1-15-17-6-4-5-7-18(17)22(28)26(25-15)13-21(27)24-14-23(2,3)16-8-9-19-20(12-16)30-11-10-29-19/h4-9,12H,10-11,13-14H2,1-3H3,(H,24,27). The van der Waals surface area contributed by atoms with Crippen LogP contribution in [0.2, 0.25) is 0 Å². The van der Waals surface area contributed by atoms with Gasteiger partial charge in [-0.1, -0.05) is 38.1 Å². The van der Waals surface area contributed by atoms with Crippen LogP contribution >= 0.6 is 0 Å². The van der Waals surface area contributed by atoms with Gasteiger partial charge in [0.1, 0.15) is 19.8 Å². The van der Waals surface area contributed by atoms with Gasteiger partial charge in [-0.15, -0.1) is 0 Å². The number of nitrogens with zero attached hydrogens (tertiary/aromatic N) is 2. The van der Waals surface area contributed by atoms with Crippen molar-refractivity contribution in [1.82, 2.24) is 15.1 Å². The summed E-state index contributed by atoms with van der Waals surface area (Å²) in [5, 5.41) is 8.61. The number of carbonyl (C=O) groups excluding carboxylic acids is 1. The summed E-state index contributed by atoms with van der Waals surface area (Å²) < 4.78 is 12.5. The summed E-state index contributed by atoms with van der Waals surface area (Å²) in [4.78, 5) is 25.2. The van der Waals surface area contributed by atoms with Gasteiger partial charge >= 0.3 is 0 Å². The second-order valence-corrected chi connectivity index (χ2v) is 8.11. The third kappa shape index (κ3) is 3.87. The number of amides is 1. The van der Waals surface area contributed by atoms with Gasteiger partial charge in [0.05, 0.1) is 11.1 Å². The minimum Gasteiger partial charge on any atom is -0.486 e. The lowest BCUT2D eigenvalue weighted by atomic mass is 9.84. The molecule has 1 N–H and O–H groups in total. The van der Waals surface area contributed by atoms with Gasteiger partial charge < -0.3 is 14.8 Å². The highest BCUT2D eigenvalue weighted by Gasteiger charge is 2.24. The lowest BCUT2D eigenvalue weighted by Crippen LogP contribution is -2.40. The van der Waals surface area contributed by atoms with E-state index in [1.54, 1.807) is 6.07 Å². The van der Waals surface area contributed by atoms with Crippen LogP contribution in [0, 0.1) is 6.92 Å². The summed E-state index contributed by atoms with van der Waals surface area (Å²) in [6.07, 6.45) is 0. The molecule has 0 fully saturated rings. The lowest BCUT2D eigenvalue weighted by molar-refractivity contribution is -0.122. The van der Waals surface area contributed by atoms with Crippen LogP contribution in [0.3, 0.4) is 0 Å². The molecule has 0 spiro atoms. The van der Waals surface area contributed by atoms with Crippen LogP contribution in [0.25, 0.3) is 10.8 Å². The summed E-state index contributed by atoms with van der Waals surface area (Å²) >= 11 is 0. The Kier molecular flexibility index (Phi) is 5.20. The molecule has 1 aromatic heterocycles. The molecule has 156 valence electrons. The molecular formula is C23H25N3O4. The first-order valence-corrected chi connectivity index (χ1v) is 9.98. The van der Waals surface area contributed by atoms with Crippen LogP contribution in [0.4, 0.5) is 0 Å². The maximum Gasteiger partial charge on any atom is 0.275 e. The number of aryl methyl sites for hydroxylation is 1. The number of ether oxygens (including phenoxy) is 2. The van der Waals surface area contributed by atoms with Crippen molar-refractivity contribution < 1.29 is 14.3 Å². The molecule has 0 saturated heterocycles. The van der Waals surface area contributed by atoms with E-state index in [4.69, 9.17) is 9.47 Å². The number of nitrogens with one attached hydrogen (secondary N) is 1. The molecular weight excluding hydrogens is 382 g/mol. The average Bonchev–Trinajstić information content (AvgIpc) is 2.75.